The molecule has 0 spiro atoms. The van der Waals surface area contributed by atoms with Gasteiger partial charge >= 0.3 is 7.80 Å². The molecule has 0 fully saturated rings. The number of hydrogen-bond donors (Lipinski definition) is 2. The molecule has 0 aromatic rings. The summed E-state index contributed by atoms with van der Waals surface area (Å²) in [4.78, 5) is 0. The van der Waals surface area contributed by atoms with Gasteiger partial charge in [0.25, 0.3) is 0 Å². The predicted octanol–water partition coefficient (Wildman–Crippen LogP) is 5.22. The van der Waals surface area contributed by atoms with Crippen LogP contribution in [0.15, 0.2) is 0 Å². The summed E-state index contributed by atoms with van der Waals surface area (Å²) in [7, 11) is -0.954. The van der Waals surface area contributed by atoms with Crippen molar-refractivity contribution in [1.29, 1.82) is 0 Å². The van der Waals surface area contributed by atoms with E-state index < -0.39 is 7.80 Å². The lowest BCUT2D eigenvalue weighted by Crippen LogP contribution is -2.07. The Hall–Kier alpha value is 0.0200. The summed E-state index contributed by atoms with van der Waals surface area (Å²) >= 11 is 0. The molecule has 0 aromatic carbocycles. The van der Waals surface area contributed by atoms with Crippen molar-refractivity contribution >= 4 is 7.80 Å². The molecule has 4 heteroatoms. The van der Waals surface area contributed by atoms with Crippen LogP contribution in [0.3, 0.4) is 0 Å². The lowest BCUT2D eigenvalue weighted by Gasteiger charge is -2.11. The van der Waals surface area contributed by atoms with E-state index in [1.165, 1.54) is 51.4 Å². The molecule has 2 unspecified atom stereocenters. The second-order valence-corrected chi connectivity index (χ2v) is 7.82. The molecular weight excluding hydrogens is 295 g/mol. The highest BCUT2D eigenvalue weighted by Crippen LogP contribution is 2.33. The van der Waals surface area contributed by atoms with Crippen LogP contribution in [0.5, 0.6) is 0 Å². The molecule has 3 nitrogen and oxygen atoms in total. The van der Waals surface area contributed by atoms with Crippen molar-refractivity contribution in [2.24, 2.45) is 11.8 Å². The molecule has 22 heavy (non-hydrogen) atoms. The van der Waals surface area contributed by atoms with Crippen molar-refractivity contribution in [2.45, 2.75) is 79.1 Å². The molecule has 0 aromatic heterocycles. The maximum atomic E-state index is 12.3. The fraction of sp³-hybridized carbons (Fsp3) is 1.00. The highest BCUT2D eigenvalue weighted by atomic mass is 31.1. The van der Waals surface area contributed by atoms with Crippen LogP contribution < -0.4 is 0 Å². The van der Waals surface area contributed by atoms with Crippen LogP contribution in [0.1, 0.15) is 79.1 Å². The maximum absolute atomic E-state index is 12.3. The zero-order valence-corrected chi connectivity index (χ0v) is 16.3. The average molecular weight is 335 g/mol. The summed E-state index contributed by atoms with van der Waals surface area (Å²) in [6, 6.07) is 0. The molecule has 0 aliphatic carbocycles. The smallest absolute Gasteiger partial charge is 0.339 e. The van der Waals surface area contributed by atoms with Gasteiger partial charge in [0.2, 0.25) is 0 Å². The van der Waals surface area contributed by atoms with E-state index in [0.717, 1.165) is 12.3 Å². The molecule has 0 bridgehead atoms. The predicted molar refractivity (Wildman–Crippen MR) is 98.1 cm³/mol. The fourth-order valence-corrected chi connectivity index (χ4v) is 4.67. The molecule has 0 radical (unpaired) electrons. The highest BCUT2D eigenvalue weighted by molar-refractivity contribution is 7.44. The van der Waals surface area contributed by atoms with Crippen LogP contribution in [0.4, 0.5) is 0 Å². The van der Waals surface area contributed by atoms with E-state index in [0.29, 0.717) is 11.8 Å². The van der Waals surface area contributed by atoms with Gasteiger partial charge in [-0.1, -0.05) is 57.9 Å². The van der Waals surface area contributed by atoms with Gasteiger partial charge < -0.3 is 10.2 Å². The number of aliphatic hydroxyl groups excluding tert-OH is 2. The molecule has 0 aliphatic heterocycles. The van der Waals surface area contributed by atoms with E-state index in [1.54, 1.807) is 0 Å². The van der Waals surface area contributed by atoms with Crippen molar-refractivity contribution in [3.05, 3.63) is 0 Å². The van der Waals surface area contributed by atoms with Crippen molar-refractivity contribution < 1.29 is 14.8 Å². The van der Waals surface area contributed by atoms with Crippen molar-refractivity contribution in [2.75, 3.05) is 25.5 Å². The van der Waals surface area contributed by atoms with Crippen LogP contribution in [-0.2, 0) is 4.57 Å². The third-order valence-electron chi connectivity index (χ3n) is 4.11. The summed E-state index contributed by atoms with van der Waals surface area (Å²) in [6.07, 6.45) is 12.0. The minimum absolute atomic E-state index is 0.125. The topological polar surface area (TPSA) is 57.5 Å². The van der Waals surface area contributed by atoms with Crippen LogP contribution in [0.2, 0.25) is 0 Å². The molecule has 0 rings (SSSR count). The molecular formula is C18H40O3P+. The van der Waals surface area contributed by atoms with Gasteiger partial charge in [0.1, 0.15) is 12.3 Å². The minimum atomic E-state index is -0.954. The molecule has 0 saturated heterocycles. The van der Waals surface area contributed by atoms with Crippen molar-refractivity contribution in [3.63, 3.8) is 0 Å². The van der Waals surface area contributed by atoms with Gasteiger partial charge in [-0.05, 0) is 25.7 Å². The Morgan fingerprint density at radius 2 is 1.14 bits per heavy atom. The fourth-order valence-electron chi connectivity index (χ4n) is 2.49. The molecule has 0 heterocycles. The van der Waals surface area contributed by atoms with Gasteiger partial charge in [0.05, 0.1) is 13.2 Å². The summed E-state index contributed by atoms with van der Waals surface area (Å²) in [6.45, 7) is 8.73. The second kappa shape index (κ2) is 19.1. The van der Waals surface area contributed by atoms with Crippen molar-refractivity contribution in [1.82, 2.24) is 0 Å². The molecule has 0 aliphatic rings. The minimum Gasteiger partial charge on any atom is -0.394 e. The van der Waals surface area contributed by atoms with E-state index in [1.807, 2.05) is 0 Å². The Balaban J connectivity index is 0. The first kappa shape index (κ1) is 24.3. The summed E-state index contributed by atoms with van der Waals surface area (Å²) in [5, 5.41) is 15.2. The zero-order valence-electron chi connectivity index (χ0n) is 15.4. The van der Waals surface area contributed by atoms with Gasteiger partial charge in [-0.15, -0.1) is 0 Å². The Morgan fingerprint density at radius 3 is 1.36 bits per heavy atom. The average Bonchev–Trinajstić information content (AvgIpc) is 2.55. The molecule has 2 atom stereocenters. The lowest BCUT2D eigenvalue weighted by atomic mass is 10.0. The Labute approximate surface area is 139 Å². The first-order chi connectivity index (χ1) is 10.6. The van der Waals surface area contributed by atoms with Gasteiger partial charge in [-0.3, -0.25) is 0 Å². The standard InChI is InChI=1S/C16H34OP.C2H6O2/c1-5-9-11-15(7-3)13-18(17)14-16(8-4)12-10-6-2;3-1-2-4/h15-16H,5-14H2,1-4H3;3-4H,1-2H2/q+1;. The van der Waals surface area contributed by atoms with E-state index >= 15 is 0 Å². The summed E-state index contributed by atoms with van der Waals surface area (Å²) < 4.78 is 12.3. The SMILES string of the molecule is CCCCC(CC)C[P+](=O)CC(CC)CCCC.OCCO. The quantitative estimate of drug-likeness (QED) is 0.454. The molecule has 2 N–H and O–H groups in total. The Kier molecular flexibility index (Phi) is 21.0. The van der Waals surface area contributed by atoms with Crippen LogP contribution in [0, 0.1) is 11.8 Å². The van der Waals surface area contributed by atoms with E-state index in [-0.39, 0.29) is 13.2 Å². The third kappa shape index (κ3) is 16.4. The van der Waals surface area contributed by atoms with Gasteiger partial charge in [-0.25, -0.2) is 0 Å². The van der Waals surface area contributed by atoms with E-state index in [2.05, 4.69) is 27.7 Å². The van der Waals surface area contributed by atoms with Crippen LogP contribution in [0.25, 0.3) is 0 Å². The van der Waals surface area contributed by atoms with Crippen LogP contribution >= 0.6 is 7.80 Å². The zero-order chi connectivity index (χ0) is 17.2. The number of hydrogen-bond acceptors (Lipinski definition) is 3. The highest BCUT2D eigenvalue weighted by Gasteiger charge is 2.25. The Bertz CT molecular complexity index is 212. The first-order valence-electron chi connectivity index (χ1n) is 9.23. The monoisotopic (exact) mass is 335 g/mol. The second-order valence-electron chi connectivity index (χ2n) is 6.13. The normalized spacial score (nSPS) is 14.0. The van der Waals surface area contributed by atoms with Gasteiger partial charge in [0.15, 0.2) is 0 Å². The molecule has 134 valence electrons. The molecule has 0 amide bonds. The molecule has 0 saturated carbocycles. The number of unbranched alkanes of at least 4 members (excludes halogenated alkanes) is 2. The largest absolute Gasteiger partial charge is 0.394 e. The maximum Gasteiger partial charge on any atom is 0.339 e. The number of aliphatic hydroxyl groups is 2. The van der Waals surface area contributed by atoms with Gasteiger partial charge in [0, 0.05) is 11.8 Å². The van der Waals surface area contributed by atoms with E-state index in [4.69, 9.17) is 10.2 Å². The Morgan fingerprint density at radius 1 is 0.773 bits per heavy atom. The number of rotatable bonds is 13. The van der Waals surface area contributed by atoms with Crippen LogP contribution in [-0.4, -0.2) is 35.8 Å². The summed E-state index contributed by atoms with van der Waals surface area (Å²) in [5.74, 6) is 1.41. The van der Waals surface area contributed by atoms with Gasteiger partial charge in [-0.2, -0.15) is 0 Å². The third-order valence-corrected chi connectivity index (χ3v) is 5.96. The lowest BCUT2D eigenvalue weighted by molar-refractivity contribution is 0.186. The summed E-state index contributed by atoms with van der Waals surface area (Å²) in [5.41, 5.74) is 0. The van der Waals surface area contributed by atoms with Crippen molar-refractivity contribution in [3.8, 4) is 0 Å². The van der Waals surface area contributed by atoms with E-state index in [9.17, 15) is 4.57 Å². The first-order valence-corrected chi connectivity index (χ1v) is 10.9.